The van der Waals surface area contributed by atoms with Crippen molar-refractivity contribution in [2.24, 2.45) is 0 Å². The fraction of sp³-hybridized carbons (Fsp3) is 0.333. The van der Waals surface area contributed by atoms with E-state index in [0.29, 0.717) is 6.54 Å². The molecule has 0 radical (unpaired) electrons. The monoisotopic (exact) mass is 232 g/mol. The van der Waals surface area contributed by atoms with E-state index < -0.39 is 0 Å². The average molecular weight is 232 g/mol. The Morgan fingerprint density at radius 3 is 3.12 bits per heavy atom. The standard InChI is InChI=1S/C12H16N4O/c1-13-12(17)16(2)6-5-9-3-4-10-11(7-9)15-8-14-10/h3-4,7-8H,5-6H2,1-2H3,(H,13,17)(H,14,15). The molecule has 0 unspecified atom stereocenters. The first-order valence-corrected chi connectivity index (χ1v) is 5.55. The van der Waals surface area contributed by atoms with Gasteiger partial charge in [0.25, 0.3) is 0 Å². The number of imidazole rings is 1. The number of aromatic amines is 1. The topological polar surface area (TPSA) is 61.0 Å². The molecule has 90 valence electrons. The summed E-state index contributed by atoms with van der Waals surface area (Å²) in [7, 11) is 3.42. The van der Waals surface area contributed by atoms with Crippen molar-refractivity contribution in [3.63, 3.8) is 0 Å². The molecule has 5 nitrogen and oxygen atoms in total. The van der Waals surface area contributed by atoms with Crippen LogP contribution in [0.2, 0.25) is 0 Å². The Labute approximate surface area is 99.8 Å². The second kappa shape index (κ2) is 4.86. The van der Waals surface area contributed by atoms with E-state index in [9.17, 15) is 4.79 Å². The number of benzene rings is 1. The molecule has 2 rings (SSSR count). The van der Waals surface area contributed by atoms with Gasteiger partial charge in [0.2, 0.25) is 0 Å². The van der Waals surface area contributed by atoms with Crippen molar-refractivity contribution >= 4 is 17.1 Å². The van der Waals surface area contributed by atoms with Gasteiger partial charge >= 0.3 is 6.03 Å². The summed E-state index contributed by atoms with van der Waals surface area (Å²) in [6, 6.07) is 6.04. The van der Waals surface area contributed by atoms with E-state index in [4.69, 9.17) is 0 Å². The van der Waals surface area contributed by atoms with Gasteiger partial charge < -0.3 is 15.2 Å². The maximum atomic E-state index is 11.3. The molecule has 2 N–H and O–H groups in total. The predicted octanol–water partition coefficient (Wildman–Crippen LogP) is 1.38. The molecule has 1 aromatic carbocycles. The minimum Gasteiger partial charge on any atom is -0.345 e. The third-order valence-electron chi connectivity index (χ3n) is 2.78. The van der Waals surface area contributed by atoms with Crippen molar-refractivity contribution < 1.29 is 4.79 Å². The maximum Gasteiger partial charge on any atom is 0.316 e. The first kappa shape index (κ1) is 11.4. The van der Waals surface area contributed by atoms with Crippen LogP contribution in [0.4, 0.5) is 4.79 Å². The third-order valence-corrected chi connectivity index (χ3v) is 2.78. The molecule has 1 aromatic heterocycles. The summed E-state index contributed by atoms with van der Waals surface area (Å²) in [4.78, 5) is 20.2. The van der Waals surface area contributed by atoms with E-state index >= 15 is 0 Å². The van der Waals surface area contributed by atoms with Crippen LogP contribution in [0.15, 0.2) is 24.5 Å². The van der Waals surface area contributed by atoms with Crippen LogP contribution in [0, 0.1) is 0 Å². The lowest BCUT2D eigenvalue weighted by Crippen LogP contribution is -2.36. The number of fused-ring (bicyclic) bond motifs is 1. The Morgan fingerprint density at radius 2 is 2.35 bits per heavy atom. The van der Waals surface area contributed by atoms with Gasteiger partial charge in [-0.2, -0.15) is 0 Å². The Balaban J connectivity index is 2.01. The predicted molar refractivity (Wildman–Crippen MR) is 66.9 cm³/mol. The molecule has 0 saturated heterocycles. The normalized spacial score (nSPS) is 10.5. The smallest absolute Gasteiger partial charge is 0.316 e. The van der Waals surface area contributed by atoms with Crippen molar-refractivity contribution in [2.75, 3.05) is 20.6 Å². The number of aromatic nitrogens is 2. The van der Waals surface area contributed by atoms with Gasteiger partial charge in [-0.05, 0) is 24.1 Å². The molecule has 0 fully saturated rings. The molecule has 2 aromatic rings. The Morgan fingerprint density at radius 1 is 1.53 bits per heavy atom. The summed E-state index contributed by atoms with van der Waals surface area (Å²) >= 11 is 0. The first-order valence-electron chi connectivity index (χ1n) is 5.55. The highest BCUT2D eigenvalue weighted by Gasteiger charge is 2.06. The van der Waals surface area contributed by atoms with Gasteiger partial charge in [0.15, 0.2) is 0 Å². The number of carbonyl (C=O) groups excluding carboxylic acids is 1. The fourth-order valence-electron chi connectivity index (χ4n) is 1.73. The number of hydrogen-bond acceptors (Lipinski definition) is 2. The van der Waals surface area contributed by atoms with Gasteiger partial charge in [0, 0.05) is 20.6 Å². The van der Waals surface area contributed by atoms with Gasteiger partial charge in [-0.3, -0.25) is 0 Å². The summed E-state index contributed by atoms with van der Waals surface area (Å²) in [5.74, 6) is 0. The number of nitrogens with zero attached hydrogens (tertiary/aromatic N) is 2. The number of urea groups is 1. The lowest BCUT2D eigenvalue weighted by Gasteiger charge is -2.16. The van der Waals surface area contributed by atoms with Crippen LogP contribution in [-0.2, 0) is 6.42 Å². The van der Waals surface area contributed by atoms with Crippen molar-refractivity contribution in [3.8, 4) is 0 Å². The zero-order valence-electron chi connectivity index (χ0n) is 10.0. The zero-order chi connectivity index (χ0) is 12.3. The molecule has 0 aliphatic heterocycles. The minimum atomic E-state index is -0.0624. The second-order valence-corrected chi connectivity index (χ2v) is 3.98. The van der Waals surface area contributed by atoms with Crippen LogP contribution < -0.4 is 5.32 Å². The van der Waals surface area contributed by atoms with E-state index in [2.05, 4.69) is 21.4 Å². The van der Waals surface area contributed by atoms with Gasteiger partial charge in [-0.1, -0.05) is 6.07 Å². The Hall–Kier alpha value is -2.04. The van der Waals surface area contributed by atoms with Crippen molar-refractivity contribution in [1.82, 2.24) is 20.2 Å². The van der Waals surface area contributed by atoms with Crippen LogP contribution in [0.3, 0.4) is 0 Å². The average Bonchev–Trinajstić information content (AvgIpc) is 2.82. The van der Waals surface area contributed by atoms with Gasteiger partial charge in [0.05, 0.1) is 17.4 Å². The van der Waals surface area contributed by atoms with E-state index in [1.807, 2.05) is 12.1 Å². The molecule has 17 heavy (non-hydrogen) atoms. The highest BCUT2D eigenvalue weighted by molar-refractivity contribution is 5.75. The fourth-order valence-corrected chi connectivity index (χ4v) is 1.73. The Bertz CT molecular complexity index is 520. The first-order chi connectivity index (χ1) is 8.20. The minimum absolute atomic E-state index is 0.0624. The molecule has 0 aliphatic rings. The summed E-state index contributed by atoms with van der Waals surface area (Å²) < 4.78 is 0. The van der Waals surface area contributed by atoms with E-state index in [1.165, 1.54) is 5.56 Å². The highest BCUT2D eigenvalue weighted by Crippen LogP contribution is 2.12. The largest absolute Gasteiger partial charge is 0.345 e. The number of hydrogen-bond donors (Lipinski definition) is 2. The van der Waals surface area contributed by atoms with Crippen molar-refractivity contribution in [3.05, 3.63) is 30.1 Å². The van der Waals surface area contributed by atoms with E-state index in [1.54, 1.807) is 25.3 Å². The molecular formula is C12H16N4O. The van der Waals surface area contributed by atoms with Crippen LogP contribution >= 0.6 is 0 Å². The number of amides is 2. The molecule has 0 bridgehead atoms. The lowest BCUT2D eigenvalue weighted by atomic mass is 10.1. The second-order valence-electron chi connectivity index (χ2n) is 3.98. The zero-order valence-corrected chi connectivity index (χ0v) is 10.0. The summed E-state index contributed by atoms with van der Waals surface area (Å²) in [5.41, 5.74) is 3.19. The molecule has 0 saturated carbocycles. The van der Waals surface area contributed by atoms with E-state index in [-0.39, 0.29) is 6.03 Å². The van der Waals surface area contributed by atoms with Gasteiger partial charge in [-0.25, -0.2) is 9.78 Å². The summed E-state index contributed by atoms with van der Waals surface area (Å²) in [6.45, 7) is 0.694. The van der Waals surface area contributed by atoms with E-state index in [0.717, 1.165) is 17.5 Å². The number of nitrogens with one attached hydrogen (secondary N) is 2. The molecule has 0 atom stereocenters. The number of carbonyl (C=O) groups is 1. The molecule has 0 spiro atoms. The van der Waals surface area contributed by atoms with Crippen LogP contribution in [0.1, 0.15) is 5.56 Å². The van der Waals surface area contributed by atoms with Gasteiger partial charge in [0.1, 0.15) is 0 Å². The molecule has 5 heteroatoms. The number of H-pyrrole nitrogens is 1. The third kappa shape index (κ3) is 2.55. The van der Waals surface area contributed by atoms with Crippen LogP contribution in [0.25, 0.3) is 11.0 Å². The van der Waals surface area contributed by atoms with Crippen LogP contribution in [-0.4, -0.2) is 41.5 Å². The highest BCUT2D eigenvalue weighted by atomic mass is 16.2. The van der Waals surface area contributed by atoms with Crippen molar-refractivity contribution in [2.45, 2.75) is 6.42 Å². The SMILES string of the molecule is CNC(=O)N(C)CCc1ccc2nc[nH]c2c1. The lowest BCUT2D eigenvalue weighted by molar-refractivity contribution is 0.211. The quantitative estimate of drug-likeness (QED) is 0.839. The molecular weight excluding hydrogens is 216 g/mol. The number of likely N-dealkylation sites (N-methyl/N-ethyl adjacent to an activating group) is 1. The van der Waals surface area contributed by atoms with Crippen molar-refractivity contribution in [1.29, 1.82) is 0 Å². The Kier molecular flexibility index (Phi) is 3.27. The van der Waals surface area contributed by atoms with Gasteiger partial charge in [-0.15, -0.1) is 0 Å². The summed E-state index contributed by atoms with van der Waals surface area (Å²) in [5, 5.41) is 2.60. The number of rotatable bonds is 3. The molecule has 1 heterocycles. The maximum absolute atomic E-state index is 11.3. The van der Waals surface area contributed by atoms with Crippen LogP contribution in [0.5, 0.6) is 0 Å². The molecule has 2 amide bonds. The molecule has 0 aliphatic carbocycles. The summed E-state index contributed by atoms with van der Waals surface area (Å²) in [6.07, 6.45) is 2.52.